The van der Waals surface area contributed by atoms with E-state index in [0.717, 1.165) is 26.5 Å². The Labute approximate surface area is 163 Å². The van der Waals surface area contributed by atoms with Crippen molar-refractivity contribution in [3.05, 3.63) is 82.0 Å². The van der Waals surface area contributed by atoms with Gasteiger partial charge in [0.25, 0.3) is 11.6 Å². The van der Waals surface area contributed by atoms with Gasteiger partial charge < -0.3 is 5.32 Å². The fraction of sp³-hybridized carbons (Fsp3) is 0.0500. The van der Waals surface area contributed by atoms with E-state index in [4.69, 9.17) is 0 Å². The lowest BCUT2D eigenvalue weighted by Crippen LogP contribution is -2.12. The van der Waals surface area contributed by atoms with E-state index in [2.05, 4.69) is 15.3 Å². The number of non-ortho nitro benzene ring substituents is 1. The molecule has 2 aromatic heterocycles. The van der Waals surface area contributed by atoms with E-state index in [0.29, 0.717) is 11.3 Å². The molecule has 7 nitrogen and oxygen atoms in total. The molecule has 0 fully saturated rings. The molecule has 0 saturated heterocycles. The first kappa shape index (κ1) is 17.7. The Morgan fingerprint density at radius 1 is 1.14 bits per heavy atom. The van der Waals surface area contributed by atoms with Crippen LogP contribution in [0.5, 0.6) is 0 Å². The summed E-state index contributed by atoms with van der Waals surface area (Å²) >= 11 is 1.51. The van der Waals surface area contributed by atoms with Crippen LogP contribution in [0, 0.1) is 17.0 Å². The molecule has 0 atom stereocenters. The van der Waals surface area contributed by atoms with Crippen LogP contribution in [-0.2, 0) is 0 Å². The number of thiazole rings is 1. The van der Waals surface area contributed by atoms with E-state index in [1.807, 2.05) is 37.3 Å². The second kappa shape index (κ2) is 7.16. The van der Waals surface area contributed by atoms with Crippen LogP contribution in [0.15, 0.2) is 60.8 Å². The summed E-state index contributed by atoms with van der Waals surface area (Å²) < 4.78 is 0. The maximum Gasteiger partial charge on any atom is 0.269 e. The van der Waals surface area contributed by atoms with Crippen LogP contribution in [0.3, 0.4) is 0 Å². The van der Waals surface area contributed by atoms with Crippen molar-refractivity contribution in [1.82, 2.24) is 9.97 Å². The summed E-state index contributed by atoms with van der Waals surface area (Å²) in [7, 11) is 0. The predicted octanol–water partition coefficient (Wildman–Crippen LogP) is 4.83. The maximum atomic E-state index is 12.4. The van der Waals surface area contributed by atoms with E-state index < -0.39 is 4.92 Å². The molecule has 4 rings (SSSR count). The van der Waals surface area contributed by atoms with Gasteiger partial charge in [-0.05, 0) is 55.0 Å². The number of nitro benzene ring substituents is 1. The van der Waals surface area contributed by atoms with Crippen molar-refractivity contribution < 1.29 is 9.72 Å². The summed E-state index contributed by atoms with van der Waals surface area (Å²) in [5.74, 6) is -0.324. The van der Waals surface area contributed by atoms with Crippen molar-refractivity contribution in [1.29, 1.82) is 0 Å². The van der Waals surface area contributed by atoms with Gasteiger partial charge in [0.1, 0.15) is 15.4 Å². The molecule has 0 radical (unpaired) electrons. The smallest absolute Gasteiger partial charge is 0.269 e. The first-order chi connectivity index (χ1) is 13.5. The second-order valence-corrected chi connectivity index (χ2v) is 7.11. The summed E-state index contributed by atoms with van der Waals surface area (Å²) in [6.45, 7) is 1.90. The molecule has 1 amide bonds. The van der Waals surface area contributed by atoms with Crippen LogP contribution >= 0.6 is 11.3 Å². The van der Waals surface area contributed by atoms with Crippen molar-refractivity contribution >= 4 is 39.0 Å². The quantitative estimate of drug-likeness (QED) is 0.398. The van der Waals surface area contributed by atoms with Crippen LogP contribution in [-0.4, -0.2) is 20.8 Å². The Hall–Kier alpha value is -3.65. The first-order valence-electron chi connectivity index (χ1n) is 8.39. The van der Waals surface area contributed by atoms with E-state index in [-0.39, 0.29) is 11.6 Å². The van der Waals surface area contributed by atoms with Gasteiger partial charge in [-0.25, -0.2) is 9.97 Å². The number of aryl methyl sites for hydroxylation is 1. The van der Waals surface area contributed by atoms with Crippen LogP contribution in [0.1, 0.15) is 15.9 Å². The van der Waals surface area contributed by atoms with E-state index >= 15 is 0 Å². The van der Waals surface area contributed by atoms with Gasteiger partial charge in [-0.2, -0.15) is 0 Å². The van der Waals surface area contributed by atoms with Crippen LogP contribution in [0.4, 0.5) is 11.4 Å². The number of hydrogen-bond donors (Lipinski definition) is 1. The first-order valence-corrected chi connectivity index (χ1v) is 9.21. The standard InChI is InChI=1S/C20H14N4O3S/c1-12-11-14(19-23-17-3-2-10-21-20(17)28-19)6-9-16(12)22-18(25)13-4-7-15(8-5-13)24(26)27/h2-11H,1H3,(H,22,25). The number of hydrogen-bond acceptors (Lipinski definition) is 6. The third-order valence-electron chi connectivity index (χ3n) is 4.23. The van der Waals surface area contributed by atoms with E-state index in [9.17, 15) is 14.9 Å². The number of fused-ring (bicyclic) bond motifs is 1. The van der Waals surface area contributed by atoms with Gasteiger partial charge in [0.05, 0.1) is 4.92 Å². The number of nitro groups is 1. The number of anilines is 1. The Morgan fingerprint density at radius 2 is 1.93 bits per heavy atom. The SMILES string of the molecule is Cc1cc(-c2nc3cccnc3s2)ccc1NC(=O)c1ccc([N+](=O)[O-])cc1. The molecule has 0 spiro atoms. The Balaban J connectivity index is 1.55. The van der Waals surface area contributed by atoms with Gasteiger partial charge in [0.2, 0.25) is 0 Å². The highest BCUT2D eigenvalue weighted by atomic mass is 32.1. The molecule has 0 aliphatic rings. The van der Waals surface area contributed by atoms with Gasteiger partial charge in [0, 0.05) is 35.1 Å². The number of carbonyl (C=O) groups excluding carboxylic acids is 1. The molecule has 0 saturated carbocycles. The fourth-order valence-corrected chi connectivity index (χ4v) is 3.66. The average molecular weight is 390 g/mol. The summed E-state index contributed by atoms with van der Waals surface area (Å²) in [5.41, 5.74) is 3.67. The summed E-state index contributed by atoms with van der Waals surface area (Å²) in [5, 5.41) is 14.4. The molecule has 0 bridgehead atoms. The average Bonchev–Trinajstić information content (AvgIpc) is 3.13. The predicted molar refractivity (Wildman–Crippen MR) is 109 cm³/mol. The lowest BCUT2D eigenvalue weighted by Gasteiger charge is -2.09. The highest BCUT2D eigenvalue weighted by Gasteiger charge is 2.12. The molecular weight excluding hydrogens is 376 g/mol. The number of nitrogens with zero attached hydrogens (tertiary/aromatic N) is 3. The molecule has 0 aliphatic heterocycles. The number of aromatic nitrogens is 2. The third kappa shape index (κ3) is 3.45. The van der Waals surface area contributed by atoms with Crippen molar-refractivity contribution in [3.8, 4) is 10.6 Å². The summed E-state index contributed by atoms with van der Waals surface area (Å²) in [6.07, 6.45) is 1.74. The molecule has 2 heterocycles. The molecule has 4 aromatic rings. The molecule has 1 N–H and O–H groups in total. The minimum Gasteiger partial charge on any atom is -0.322 e. The maximum absolute atomic E-state index is 12.4. The van der Waals surface area contributed by atoms with Crippen LogP contribution in [0.2, 0.25) is 0 Å². The summed E-state index contributed by atoms with van der Waals surface area (Å²) in [4.78, 5) is 32.4. The van der Waals surface area contributed by atoms with Crippen molar-refractivity contribution in [3.63, 3.8) is 0 Å². The fourth-order valence-electron chi connectivity index (χ4n) is 2.76. The van der Waals surface area contributed by atoms with Gasteiger partial charge >= 0.3 is 0 Å². The minimum absolute atomic E-state index is 0.0533. The number of pyridine rings is 1. The Bertz CT molecular complexity index is 1170. The lowest BCUT2D eigenvalue weighted by molar-refractivity contribution is -0.384. The zero-order valence-corrected chi connectivity index (χ0v) is 15.6. The van der Waals surface area contributed by atoms with Crippen molar-refractivity contribution in [2.75, 3.05) is 5.32 Å². The Morgan fingerprint density at radius 3 is 2.61 bits per heavy atom. The van der Waals surface area contributed by atoms with E-state index in [1.54, 1.807) is 6.20 Å². The number of nitrogens with one attached hydrogen (secondary N) is 1. The normalized spacial score (nSPS) is 10.8. The molecule has 28 heavy (non-hydrogen) atoms. The van der Waals surface area contributed by atoms with Gasteiger partial charge in [-0.1, -0.05) is 11.3 Å². The van der Waals surface area contributed by atoms with E-state index in [1.165, 1.54) is 35.6 Å². The lowest BCUT2D eigenvalue weighted by atomic mass is 10.1. The van der Waals surface area contributed by atoms with Gasteiger partial charge in [-0.3, -0.25) is 14.9 Å². The highest BCUT2D eigenvalue weighted by Crippen LogP contribution is 2.31. The molecule has 8 heteroatoms. The molecule has 0 unspecified atom stereocenters. The Kier molecular flexibility index (Phi) is 4.54. The molecule has 138 valence electrons. The molecular formula is C20H14N4O3S. The zero-order chi connectivity index (χ0) is 19.7. The largest absolute Gasteiger partial charge is 0.322 e. The second-order valence-electron chi connectivity index (χ2n) is 6.13. The zero-order valence-electron chi connectivity index (χ0n) is 14.7. The van der Waals surface area contributed by atoms with Crippen molar-refractivity contribution in [2.24, 2.45) is 0 Å². The van der Waals surface area contributed by atoms with Crippen LogP contribution < -0.4 is 5.32 Å². The van der Waals surface area contributed by atoms with Crippen LogP contribution in [0.25, 0.3) is 20.9 Å². The third-order valence-corrected chi connectivity index (χ3v) is 5.26. The van der Waals surface area contributed by atoms with Gasteiger partial charge in [-0.15, -0.1) is 0 Å². The van der Waals surface area contributed by atoms with Crippen molar-refractivity contribution in [2.45, 2.75) is 6.92 Å². The monoisotopic (exact) mass is 390 g/mol. The molecule has 2 aromatic carbocycles. The number of carbonyl (C=O) groups is 1. The summed E-state index contributed by atoms with van der Waals surface area (Å²) in [6, 6.07) is 15.0. The number of rotatable bonds is 4. The topological polar surface area (TPSA) is 98.0 Å². The highest BCUT2D eigenvalue weighted by molar-refractivity contribution is 7.21. The number of amides is 1. The minimum atomic E-state index is -0.498. The number of benzene rings is 2. The molecule has 0 aliphatic carbocycles. The van der Waals surface area contributed by atoms with Gasteiger partial charge in [0.15, 0.2) is 0 Å².